The number of carbonyl (C=O) groups excluding carboxylic acids is 2. The second-order valence-corrected chi connectivity index (χ2v) is 6.83. The van der Waals surface area contributed by atoms with Crippen LogP contribution in [-0.4, -0.2) is 43.9 Å². The van der Waals surface area contributed by atoms with Gasteiger partial charge in [-0.2, -0.15) is 0 Å². The van der Waals surface area contributed by atoms with Crippen LogP contribution >= 0.6 is 11.8 Å². The van der Waals surface area contributed by atoms with Gasteiger partial charge in [0.15, 0.2) is 12.3 Å². The molecule has 29 heavy (non-hydrogen) atoms. The summed E-state index contributed by atoms with van der Waals surface area (Å²) in [4.78, 5) is 29.6. The lowest BCUT2D eigenvalue weighted by molar-refractivity contribution is -0.118. The van der Waals surface area contributed by atoms with Crippen molar-refractivity contribution >= 4 is 40.2 Å². The minimum Gasteiger partial charge on any atom is -0.497 e. The highest BCUT2D eigenvalue weighted by atomic mass is 32.2. The van der Waals surface area contributed by atoms with Crippen molar-refractivity contribution in [3.63, 3.8) is 0 Å². The quantitative estimate of drug-likeness (QED) is 0.467. The number of ether oxygens (including phenoxy) is 3. The lowest BCUT2D eigenvalue weighted by Crippen LogP contribution is -2.20. The van der Waals surface area contributed by atoms with Crippen LogP contribution < -0.4 is 14.8 Å². The van der Waals surface area contributed by atoms with Gasteiger partial charge in [-0.3, -0.25) is 4.79 Å². The van der Waals surface area contributed by atoms with E-state index >= 15 is 0 Å². The van der Waals surface area contributed by atoms with Crippen LogP contribution in [-0.2, 0) is 9.53 Å². The van der Waals surface area contributed by atoms with Crippen LogP contribution in [0.5, 0.6) is 11.5 Å². The van der Waals surface area contributed by atoms with Crippen molar-refractivity contribution in [3.05, 3.63) is 54.2 Å². The smallest absolute Gasteiger partial charge is 0.356 e. The van der Waals surface area contributed by atoms with E-state index in [0.29, 0.717) is 28.1 Å². The molecule has 0 bridgehead atoms. The summed E-state index contributed by atoms with van der Waals surface area (Å²) < 4.78 is 15.7. The summed E-state index contributed by atoms with van der Waals surface area (Å²) in [5, 5.41) is 3.42. The SMILES string of the molecule is COC(=O)c1cc(OCC(=O)Nc2cccc(SC)c2)c2cc(OC)ccc2n1. The highest BCUT2D eigenvalue weighted by molar-refractivity contribution is 7.98. The Morgan fingerprint density at radius 2 is 1.93 bits per heavy atom. The lowest BCUT2D eigenvalue weighted by Gasteiger charge is -2.12. The molecule has 1 heterocycles. The van der Waals surface area contributed by atoms with Gasteiger partial charge in [0.25, 0.3) is 5.91 Å². The number of pyridine rings is 1. The van der Waals surface area contributed by atoms with Crippen molar-refractivity contribution in [2.24, 2.45) is 0 Å². The van der Waals surface area contributed by atoms with Crippen molar-refractivity contribution in [3.8, 4) is 11.5 Å². The molecular formula is C21H20N2O5S. The summed E-state index contributed by atoms with van der Waals surface area (Å²) >= 11 is 1.59. The first kappa shape index (κ1) is 20.5. The van der Waals surface area contributed by atoms with E-state index in [0.717, 1.165) is 4.90 Å². The molecule has 0 atom stereocenters. The molecule has 3 rings (SSSR count). The number of esters is 1. The predicted octanol–water partition coefficient (Wildman–Crippen LogP) is 3.77. The first-order chi connectivity index (χ1) is 14.0. The normalized spacial score (nSPS) is 10.4. The van der Waals surface area contributed by atoms with Gasteiger partial charge in [0, 0.05) is 22.0 Å². The Kier molecular flexibility index (Phi) is 6.56. The van der Waals surface area contributed by atoms with Crippen LogP contribution in [0.1, 0.15) is 10.5 Å². The number of aromatic nitrogens is 1. The highest BCUT2D eigenvalue weighted by Gasteiger charge is 2.15. The van der Waals surface area contributed by atoms with E-state index in [1.54, 1.807) is 43.1 Å². The zero-order valence-corrected chi connectivity index (χ0v) is 17.0. The van der Waals surface area contributed by atoms with Crippen molar-refractivity contribution in [1.29, 1.82) is 0 Å². The molecule has 1 N–H and O–H groups in total. The van der Waals surface area contributed by atoms with Gasteiger partial charge >= 0.3 is 5.97 Å². The molecular weight excluding hydrogens is 392 g/mol. The van der Waals surface area contributed by atoms with E-state index in [1.807, 2.05) is 24.5 Å². The topological polar surface area (TPSA) is 86.8 Å². The average Bonchev–Trinajstić information content (AvgIpc) is 2.76. The van der Waals surface area contributed by atoms with Gasteiger partial charge in [-0.1, -0.05) is 6.07 Å². The van der Waals surface area contributed by atoms with E-state index < -0.39 is 5.97 Å². The molecule has 150 valence electrons. The van der Waals surface area contributed by atoms with Crippen LogP contribution in [0.3, 0.4) is 0 Å². The van der Waals surface area contributed by atoms with Crippen molar-refractivity contribution < 1.29 is 23.8 Å². The predicted molar refractivity (Wildman–Crippen MR) is 112 cm³/mol. The molecule has 0 saturated heterocycles. The zero-order valence-electron chi connectivity index (χ0n) is 16.2. The molecule has 0 saturated carbocycles. The maximum absolute atomic E-state index is 12.3. The van der Waals surface area contributed by atoms with Crippen LogP contribution in [0.15, 0.2) is 53.4 Å². The van der Waals surface area contributed by atoms with Crippen molar-refractivity contribution in [2.45, 2.75) is 4.90 Å². The standard InChI is InChI=1S/C21H20N2O5S/c1-26-14-7-8-17-16(10-14)19(11-18(23-17)21(25)27-2)28-12-20(24)22-13-5-4-6-15(9-13)29-3/h4-11H,12H2,1-3H3,(H,22,24). The Morgan fingerprint density at radius 1 is 1.10 bits per heavy atom. The number of amides is 1. The average molecular weight is 412 g/mol. The zero-order chi connectivity index (χ0) is 20.8. The summed E-state index contributed by atoms with van der Waals surface area (Å²) in [6, 6.07) is 14.1. The van der Waals surface area contributed by atoms with E-state index in [1.165, 1.54) is 13.2 Å². The van der Waals surface area contributed by atoms with Gasteiger partial charge in [-0.15, -0.1) is 11.8 Å². The monoisotopic (exact) mass is 412 g/mol. The number of nitrogens with zero attached hydrogens (tertiary/aromatic N) is 1. The fraction of sp³-hybridized carbons (Fsp3) is 0.190. The number of methoxy groups -OCH3 is 2. The fourth-order valence-electron chi connectivity index (χ4n) is 2.67. The number of hydrogen-bond donors (Lipinski definition) is 1. The summed E-state index contributed by atoms with van der Waals surface area (Å²) in [7, 11) is 2.83. The second kappa shape index (κ2) is 9.29. The van der Waals surface area contributed by atoms with Crippen LogP contribution in [0.2, 0.25) is 0 Å². The maximum atomic E-state index is 12.3. The largest absolute Gasteiger partial charge is 0.497 e. The first-order valence-electron chi connectivity index (χ1n) is 8.68. The third kappa shape index (κ3) is 4.97. The van der Waals surface area contributed by atoms with E-state index in [-0.39, 0.29) is 18.2 Å². The first-order valence-corrected chi connectivity index (χ1v) is 9.90. The Morgan fingerprint density at radius 3 is 2.66 bits per heavy atom. The van der Waals surface area contributed by atoms with E-state index in [9.17, 15) is 9.59 Å². The van der Waals surface area contributed by atoms with E-state index in [2.05, 4.69) is 10.3 Å². The Hall–Kier alpha value is -3.26. The number of thioether (sulfide) groups is 1. The third-order valence-electron chi connectivity index (χ3n) is 4.08. The van der Waals surface area contributed by atoms with E-state index in [4.69, 9.17) is 14.2 Å². The summed E-state index contributed by atoms with van der Waals surface area (Å²) in [6.07, 6.45) is 1.96. The molecule has 0 aliphatic rings. The van der Waals surface area contributed by atoms with Crippen LogP contribution in [0, 0.1) is 0 Å². The number of hydrogen-bond acceptors (Lipinski definition) is 7. The highest BCUT2D eigenvalue weighted by Crippen LogP contribution is 2.29. The molecule has 0 unspecified atom stereocenters. The van der Waals surface area contributed by atoms with Gasteiger partial charge in [-0.05, 0) is 42.7 Å². The number of nitrogens with one attached hydrogen (secondary N) is 1. The van der Waals surface area contributed by atoms with Gasteiger partial charge in [-0.25, -0.2) is 9.78 Å². The molecule has 0 aliphatic carbocycles. The number of rotatable bonds is 7. The number of anilines is 1. The molecule has 7 nitrogen and oxygen atoms in total. The minimum absolute atomic E-state index is 0.0910. The Bertz CT molecular complexity index is 1050. The molecule has 8 heteroatoms. The van der Waals surface area contributed by atoms with Gasteiger partial charge in [0.2, 0.25) is 0 Å². The van der Waals surface area contributed by atoms with Crippen molar-refractivity contribution in [1.82, 2.24) is 4.98 Å². The van der Waals surface area contributed by atoms with Gasteiger partial charge < -0.3 is 19.5 Å². The molecule has 0 radical (unpaired) electrons. The molecule has 1 aromatic heterocycles. The molecule has 0 fully saturated rings. The Balaban J connectivity index is 1.83. The van der Waals surface area contributed by atoms with Crippen LogP contribution in [0.4, 0.5) is 5.69 Å². The fourth-order valence-corrected chi connectivity index (χ4v) is 3.13. The summed E-state index contributed by atoms with van der Waals surface area (Å²) in [5.41, 5.74) is 1.30. The minimum atomic E-state index is -0.592. The number of benzene rings is 2. The number of carbonyl (C=O) groups is 2. The summed E-state index contributed by atoms with van der Waals surface area (Å²) in [5.74, 6) is 0.0252. The number of fused-ring (bicyclic) bond motifs is 1. The Labute approximate surface area is 172 Å². The summed E-state index contributed by atoms with van der Waals surface area (Å²) in [6.45, 7) is -0.236. The van der Waals surface area contributed by atoms with Crippen LogP contribution in [0.25, 0.3) is 10.9 Å². The maximum Gasteiger partial charge on any atom is 0.356 e. The lowest BCUT2D eigenvalue weighted by atomic mass is 10.1. The second-order valence-electron chi connectivity index (χ2n) is 5.95. The molecule has 3 aromatic rings. The van der Waals surface area contributed by atoms with Gasteiger partial charge in [0.05, 0.1) is 19.7 Å². The van der Waals surface area contributed by atoms with Gasteiger partial charge in [0.1, 0.15) is 11.5 Å². The molecule has 0 spiro atoms. The molecule has 2 aromatic carbocycles. The van der Waals surface area contributed by atoms with Crippen molar-refractivity contribution in [2.75, 3.05) is 32.4 Å². The third-order valence-corrected chi connectivity index (χ3v) is 4.81. The molecule has 1 amide bonds. The molecule has 0 aliphatic heterocycles.